The first-order valence-corrected chi connectivity index (χ1v) is 9.80. The molecule has 2 heterocycles. The number of aryl methyl sites for hydroxylation is 3. The summed E-state index contributed by atoms with van der Waals surface area (Å²) in [6.45, 7) is 4.05. The van der Waals surface area contributed by atoms with Crippen molar-refractivity contribution in [2.75, 3.05) is 0 Å². The van der Waals surface area contributed by atoms with Crippen LogP contribution in [0, 0.1) is 13.8 Å². The Kier molecular flexibility index (Phi) is 5.08. The number of carboxylic acid groups (broad SMARTS) is 1. The predicted molar refractivity (Wildman–Crippen MR) is 103 cm³/mol. The van der Waals surface area contributed by atoms with Crippen LogP contribution in [0.25, 0.3) is 0 Å². The minimum Gasteiger partial charge on any atom is -0.481 e. The van der Waals surface area contributed by atoms with Gasteiger partial charge in [0.15, 0.2) is 5.60 Å². The van der Waals surface area contributed by atoms with Gasteiger partial charge in [0, 0.05) is 16.2 Å². The second kappa shape index (κ2) is 7.12. The SMILES string of the molecule is Cc1csc(C(O)(c2ccc(CCC(=O)O)cc2)c2cc(C)cs2)c1. The van der Waals surface area contributed by atoms with Gasteiger partial charge in [0.2, 0.25) is 0 Å². The van der Waals surface area contributed by atoms with E-state index in [9.17, 15) is 9.90 Å². The van der Waals surface area contributed by atoms with Gasteiger partial charge in [-0.05, 0) is 65.4 Å². The summed E-state index contributed by atoms with van der Waals surface area (Å²) in [6.07, 6.45) is 0.599. The van der Waals surface area contributed by atoms with Crippen molar-refractivity contribution in [2.45, 2.75) is 32.3 Å². The maximum absolute atomic E-state index is 11.7. The number of thiophene rings is 2. The molecule has 25 heavy (non-hydrogen) atoms. The Balaban J connectivity index is 2.02. The molecule has 0 spiro atoms. The highest BCUT2D eigenvalue weighted by molar-refractivity contribution is 7.12. The van der Waals surface area contributed by atoms with Crippen LogP contribution in [0.15, 0.2) is 47.2 Å². The Morgan fingerprint density at radius 2 is 1.52 bits per heavy atom. The van der Waals surface area contributed by atoms with E-state index in [1.807, 2.05) is 61.0 Å². The molecule has 3 rings (SSSR count). The third-order valence-electron chi connectivity index (χ3n) is 4.17. The fourth-order valence-electron chi connectivity index (χ4n) is 2.81. The fourth-order valence-corrected chi connectivity index (χ4v) is 4.94. The third-order valence-corrected chi connectivity index (χ3v) is 6.49. The summed E-state index contributed by atoms with van der Waals surface area (Å²) in [5.74, 6) is -0.802. The molecular weight excluding hydrogens is 352 g/mol. The summed E-state index contributed by atoms with van der Waals surface area (Å²) in [5.41, 5.74) is 2.84. The van der Waals surface area contributed by atoms with Crippen molar-refractivity contribution in [2.24, 2.45) is 0 Å². The van der Waals surface area contributed by atoms with E-state index in [4.69, 9.17) is 5.11 Å². The molecule has 0 saturated heterocycles. The largest absolute Gasteiger partial charge is 0.481 e. The Morgan fingerprint density at radius 1 is 1.00 bits per heavy atom. The highest BCUT2D eigenvalue weighted by Gasteiger charge is 2.36. The van der Waals surface area contributed by atoms with Gasteiger partial charge in [-0.3, -0.25) is 4.79 Å². The average molecular weight is 373 g/mol. The Bertz CT molecular complexity index is 834. The van der Waals surface area contributed by atoms with E-state index < -0.39 is 11.6 Å². The number of hydrogen-bond acceptors (Lipinski definition) is 4. The van der Waals surface area contributed by atoms with Gasteiger partial charge in [0.05, 0.1) is 0 Å². The maximum Gasteiger partial charge on any atom is 0.303 e. The van der Waals surface area contributed by atoms with Gasteiger partial charge in [-0.15, -0.1) is 22.7 Å². The molecule has 130 valence electrons. The Morgan fingerprint density at radius 3 is 1.92 bits per heavy atom. The van der Waals surface area contributed by atoms with E-state index in [1.165, 1.54) is 0 Å². The molecule has 0 amide bonds. The van der Waals surface area contributed by atoms with Crippen LogP contribution in [-0.2, 0) is 16.8 Å². The zero-order valence-electron chi connectivity index (χ0n) is 14.2. The van der Waals surface area contributed by atoms with Crippen LogP contribution in [0.5, 0.6) is 0 Å². The van der Waals surface area contributed by atoms with Crippen LogP contribution < -0.4 is 0 Å². The molecule has 0 aliphatic heterocycles. The number of carboxylic acids is 1. The van der Waals surface area contributed by atoms with Crippen molar-refractivity contribution in [3.63, 3.8) is 0 Å². The normalized spacial score (nSPS) is 11.6. The molecule has 0 bridgehead atoms. The van der Waals surface area contributed by atoms with Crippen LogP contribution in [0.1, 0.15) is 38.4 Å². The van der Waals surface area contributed by atoms with E-state index in [2.05, 4.69) is 0 Å². The summed E-state index contributed by atoms with van der Waals surface area (Å²) < 4.78 is 0. The molecule has 0 saturated carbocycles. The summed E-state index contributed by atoms with van der Waals surface area (Å²) >= 11 is 3.11. The molecule has 0 aliphatic carbocycles. The van der Waals surface area contributed by atoms with E-state index in [1.54, 1.807) is 22.7 Å². The van der Waals surface area contributed by atoms with Gasteiger partial charge in [0.1, 0.15) is 0 Å². The van der Waals surface area contributed by atoms with E-state index >= 15 is 0 Å². The molecule has 0 atom stereocenters. The lowest BCUT2D eigenvalue weighted by molar-refractivity contribution is -0.136. The van der Waals surface area contributed by atoms with Gasteiger partial charge in [0.25, 0.3) is 0 Å². The number of benzene rings is 1. The van der Waals surface area contributed by atoms with E-state index in [0.29, 0.717) is 6.42 Å². The molecule has 3 nitrogen and oxygen atoms in total. The molecule has 2 N–H and O–H groups in total. The zero-order valence-corrected chi connectivity index (χ0v) is 15.8. The maximum atomic E-state index is 11.7. The van der Waals surface area contributed by atoms with Crippen molar-refractivity contribution in [3.05, 3.63) is 79.2 Å². The molecule has 1 aromatic carbocycles. The molecule has 0 aliphatic rings. The lowest BCUT2D eigenvalue weighted by Gasteiger charge is -2.27. The van der Waals surface area contributed by atoms with Crippen LogP contribution in [0.3, 0.4) is 0 Å². The zero-order chi connectivity index (χ0) is 18.0. The quantitative estimate of drug-likeness (QED) is 0.658. The van der Waals surface area contributed by atoms with E-state index in [-0.39, 0.29) is 6.42 Å². The number of rotatable bonds is 6. The van der Waals surface area contributed by atoms with Crippen molar-refractivity contribution < 1.29 is 15.0 Å². The van der Waals surface area contributed by atoms with Crippen LogP contribution in [0.2, 0.25) is 0 Å². The highest BCUT2D eigenvalue weighted by atomic mass is 32.1. The van der Waals surface area contributed by atoms with Crippen molar-refractivity contribution >= 4 is 28.6 Å². The number of hydrogen-bond donors (Lipinski definition) is 2. The standard InChI is InChI=1S/C20H20O3S2/c1-13-9-17(24-11-13)20(23,18-10-14(2)12-25-18)16-6-3-15(4-7-16)5-8-19(21)22/h3-4,6-7,9-12,23H,5,8H2,1-2H3,(H,21,22). The molecule has 0 fully saturated rings. The topological polar surface area (TPSA) is 57.5 Å². The van der Waals surface area contributed by atoms with Gasteiger partial charge in [-0.2, -0.15) is 0 Å². The smallest absolute Gasteiger partial charge is 0.303 e. The molecule has 2 aromatic heterocycles. The van der Waals surface area contributed by atoms with Gasteiger partial charge < -0.3 is 10.2 Å². The van der Waals surface area contributed by atoms with Crippen LogP contribution in [-0.4, -0.2) is 16.2 Å². The molecule has 0 radical (unpaired) electrons. The predicted octanol–water partition coefficient (Wildman–Crippen LogP) is 4.73. The number of carbonyl (C=O) groups is 1. The fraction of sp³-hybridized carbons (Fsp3) is 0.250. The Hall–Kier alpha value is -1.95. The van der Waals surface area contributed by atoms with Crippen LogP contribution in [0.4, 0.5) is 0 Å². The minimum atomic E-state index is -1.18. The van der Waals surface area contributed by atoms with Crippen molar-refractivity contribution in [1.29, 1.82) is 0 Å². The summed E-state index contributed by atoms with van der Waals surface area (Å²) in [5, 5.41) is 24.6. The second-order valence-electron chi connectivity index (χ2n) is 6.28. The first kappa shape index (κ1) is 17.9. The first-order chi connectivity index (χ1) is 11.9. The molecule has 3 aromatic rings. The average Bonchev–Trinajstić information content (AvgIpc) is 3.21. The summed E-state index contributed by atoms with van der Waals surface area (Å²) in [7, 11) is 0. The minimum absolute atomic E-state index is 0.109. The van der Waals surface area contributed by atoms with Gasteiger partial charge >= 0.3 is 5.97 Å². The first-order valence-electron chi connectivity index (χ1n) is 8.04. The molecule has 0 unspecified atom stereocenters. The second-order valence-corrected chi connectivity index (χ2v) is 8.10. The number of aliphatic carboxylic acids is 1. The monoisotopic (exact) mass is 372 g/mol. The van der Waals surface area contributed by atoms with Gasteiger partial charge in [-0.25, -0.2) is 0 Å². The van der Waals surface area contributed by atoms with E-state index in [0.717, 1.165) is 32.0 Å². The van der Waals surface area contributed by atoms with Crippen molar-refractivity contribution in [3.8, 4) is 0 Å². The molecular formula is C20H20O3S2. The lowest BCUT2D eigenvalue weighted by Crippen LogP contribution is -2.26. The summed E-state index contributed by atoms with van der Waals surface area (Å²) in [4.78, 5) is 12.5. The lowest BCUT2D eigenvalue weighted by atomic mass is 9.89. The highest BCUT2D eigenvalue weighted by Crippen LogP contribution is 2.42. The van der Waals surface area contributed by atoms with Crippen molar-refractivity contribution in [1.82, 2.24) is 0 Å². The van der Waals surface area contributed by atoms with Gasteiger partial charge in [-0.1, -0.05) is 24.3 Å². The molecule has 5 heteroatoms. The van der Waals surface area contributed by atoms with Crippen LogP contribution >= 0.6 is 22.7 Å². The Labute approximate surface area is 155 Å². The number of aliphatic hydroxyl groups is 1. The third kappa shape index (κ3) is 3.68. The summed E-state index contributed by atoms with van der Waals surface area (Å²) in [6, 6.07) is 11.7.